The SMILES string of the molecule is CC(C)(O)C#Cc1ccc(S(=O)(=O)N[C@@]2(C(=O)O)C[C@@H]2c2ccccc2)s1. The van der Waals surface area contributed by atoms with Crippen LogP contribution < -0.4 is 4.72 Å². The lowest BCUT2D eigenvalue weighted by Gasteiger charge is -2.14. The topological polar surface area (TPSA) is 104 Å². The van der Waals surface area contributed by atoms with Crippen molar-refractivity contribution < 1.29 is 23.4 Å². The number of rotatable bonds is 5. The summed E-state index contributed by atoms with van der Waals surface area (Å²) in [6.45, 7) is 3.06. The van der Waals surface area contributed by atoms with Crippen molar-refractivity contribution in [3.05, 3.63) is 52.9 Å². The van der Waals surface area contributed by atoms with Crippen LogP contribution in [0.5, 0.6) is 0 Å². The minimum absolute atomic E-state index is 0.0121. The second-order valence-corrected chi connectivity index (χ2v) is 9.97. The monoisotopic (exact) mass is 405 g/mol. The lowest BCUT2D eigenvalue weighted by atomic mass is 10.1. The summed E-state index contributed by atoms with van der Waals surface area (Å²) in [4.78, 5) is 12.3. The fraction of sp³-hybridized carbons (Fsp3) is 0.316. The summed E-state index contributed by atoms with van der Waals surface area (Å²) in [5.41, 5.74) is -1.94. The Morgan fingerprint density at radius 1 is 1.26 bits per heavy atom. The molecule has 0 spiro atoms. The molecule has 1 heterocycles. The molecule has 1 fully saturated rings. The molecule has 0 saturated heterocycles. The van der Waals surface area contributed by atoms with Crippen LogP contribution in [0.15, 0.2) is 46.7 Å². The molecule has 2 atom stereocenters. The quantitative estimate of drug-likeness (QED) is 0.662. The minimum atomic E-state index is -4.02. The summed E-state index contributed by atoms with van der Waals surface area (Å²) in [6.07, 6.45) is 0.197. The number of sulfonamides is 1. The van der Waals surface area contributed by atoms with Gasteiger partial charge in [-0.25, -0.2) is 8.42 Å². The van der Waals surface area contributed by atoms with Gasteiger partial charge in [0.15, 0.2) is 0 Å². The average Bonchev–Trinajstić information content (AvgIpc) is 3.09. The Kier molecular flexibility index (Phi) is 4.91. The molecule has 2 aromatic rings. The molecular weight excluding hydrogens is 386 g/mol. The highest BCUT2D eigenvalue weighted by atomic mass is 32.2. The highest BCUT2D eigenvalue weighted by molar-refractivity contribution is 7.91. The number of thiophene rings is 1. The van der Waals surface area contributed by atoms with E-state index in [1.165, 1.54) is 26.0 Å². The highest BCUT2D eigenvalue weighted by Gasteiger charge is 2.63. The van der Waals surface area contributed by atoms with Crippen molar-refractivity contribution in [3.8, 4) is 11.8 Å². The summed E-state index contributed by atoms with van der Waals surface area (Å²) in [5, 5.41) is 19.3. The van der Waals surface area contributed by atoms with E-state index in [-0.39, 0.29) is 10.6 Å². The largest absolute Gasteiger partial charge is 0.480 e. The predicted molar refractivity (Wildman–Crippen MR) is 102 cm³/mol. The number of nitrogens with one attached hydrogen (secondary N) is 1. The molecular formula is C19H19NO5S2. The van der Waals surface area contributed by atoms with Gasteiger partial charge in [-0.2, -0.15) is 4.72 Å². The van der Waals surface area contributed by atoms with Crippen molar-refractivity contribution in [2.24, 2.45) is 0 Å². The number of carboxylic acids is 1. The van der Waals surface area contributed by atoms with Gasteiger partial charge in [0.25, 0.3) is 10.0 Å². The molecule has 0 amide bonds. The normalized spacial score (nSPS) is 22.0. The molecule has 1 aromatic carbocycles. The third kappa shape index (κ3) is 4.22. The van der Waals surface area contributed by atoms with Gasteiger partial charge in [-0.3, -0.25) is 4.79 Å². The van der Waals surface area contributed by atoms with E-state index in [4.69, 9.17) is 0 Å². The van der Waals surface area contributed by atoms with Crippen LogP contribution in [0.25, 0.3) is 0 Å². The Balaban J connectivity index is 1.84. The van der Waals surface area contributed by atoms with Crippen LogP contribution in [0.1, 0.15) is 36.6 Å². The molecule has 0 unspecified atom stereocenters. The molecule has 27 heavy (non-hydrogen) atoms. The third-order valence-electron chi connectivity index (χ3n) is 4.20. The molecule has 1 aromatic heterocycles. The van der Waals surface area contributed by atoms with E-state index >= 15 is 0 Å². The lowest BCUT2D eigenvalue weighted by molar-refractivity contribution is -0.140. The van der Waals surface area contributed by atoms with Gasteiger partial charge in [0.2, 0.25) is 0 Å². The maximum Gasteiger partial charge on any atom is 0.325 e. The molecule has 0 aliphatic heterocycles. The van der Waals surface area contributed by atoms with Gasteiger partial charge in [-0.05, 0) is 38.0 Å². The number of aliphatic carboxylic acids is 1. The van der Waals surface area contributed by atoms with Crippen molar-refractivity contribution in [3.63, 3.8) is 0 Å². The molecule has 3 N–H and O–H groups in total. The smallest absolute Gasteiger partial charge is 0.325 e. The second-order valence-electron chi connectivity index (χ2n) is 6.98. The van der Waals surface area contributed by atoms with Gasteiger partial charge >= 0.3 is 5.97 Å². The third-order valence-corrected chi connectivity index (χ3v) is 7.20. The lowest BCUT2D eigenvalue weighted by Crippen LogP contribution is -2.44. The Morgan fingerprint density at radius 3 is 2.52 bits per heavy atom. The van der Waals surface area contributed by atoms with Crippen LogP contribution in [-0.4, -0.2) is 35.7 Å². The van der Waals surface area contributed by atoms with Crippen LogP contribution >= 0.6 is 11.3 Å². The summed E-state index contributed by atoms with van der Waals surface area (Å²) < 4.78 is 27.8. The van der Waals surface area contributed by atoms with Gasteiger partial charge in [-0.1, -0.05) is 42.2 Å². The van der Waals surface area contributed by atoms with E-state index in [2.05, 4.69) is 16.6 Å². The maximum atomic E-state index is 12.7. The number of hydrogen-bond acceptors (Lipinski definition) is 5. The van der Waals surface area contributed by atoms with Crippen molar-refractivity contribution in [1.82, 2.24) is 4.72 Å². The molecule has 1 aliphatic carbocycles. The zero-order chi connectivity index (χ0) is 19.9. The summed E-state index contributed by atoms with van der Waals surface area (Å²) >= 11 is 0.930. The Labute approximate surface area is 161 Å². The Morgan fingerprint density at radius 2 is 1.93 bits per heavy atom. The fourth-order valence-corrected chi connectivity index (χ4v) is 5.34. The van der Waals surface area contributed by atoms with Crippen LogP contribution in [0.4, 0.5) is 0 Å². The van der Waals surface area contributed by atoms with E-state index in [0.29, 0.717) is 4.88 Å². The minimum Gasteiger partial charge on any atom is -0.480 e. The van der Waals surface area contributed by atoms with Crippen molar-refractivity contribution in [1.29, 1.82) is 0 Å². The summed E-state index contributed by atoms with van der Waals surface area (Å²) in [5.74, 6) is 3.73. The zero-order valence-corrected chi connectivity index (χ0v) is 16.4. The molecule has 142 valence electrons. The molecule has 3 rings (SSSR count). The number of benzene rings is 1. The molecule has 0 bridgehead atoms. The first-order valence-corrected chi connectivity index (χ1v) is 10.5. The van der Waals surface area contributed by atoms with E-state index in [0.717, 1.165) is 16.9 Å². The number of carboxylic acid groups (broad SMARTS) is 1. The van der Waals surface area contributed by atoms with Gasteiger partial charge in [0.05, 0.1) is 4.88 Å². The van der Waals surface area contributed by atoms with Crippen molar-refractivity contribution in [2.75, 3.05) is 0 Å². The summed E-state index contributed by atoms with van der Waals surface area (Å²) in [6, 6.07) is 11.9. The van der Waals surface area contributed by atoms with E-state index in [1.807, 2.05) is 6.07 Å². The average molecular weight is 405 g/mol. The molecule has 1 aliphatic rings. The number of carbonyl (C=O) groups is 1. The van der Waals surface area contributed by atoms with Gasteiger partial charge < -0.3 is 10.2 Å². The first-order valence-electron chi connectivity index (χ1n) is 8.21. The van der Waals surface area contributed by atoms with Crippen LogP contribution in [0.2, 0.25) is 0 Å². The van der Waals surface area contributed by atoms with Crippen molar-refractivity contribution >= 4 is 27.3 Å². The van der Waals surface area contributed by atoms with Crippen LogP contribution in [-0.2, 0) is 14.8 Å². The molecule has 6 nitrogen and oxygen atoms in total. The van der Waals surface area contributed by atoms with Crippen LogP contribution in [0.3, 0.4) is 0 Å². The number of aliphatic hydroxyl groups is 1. The first kappa shape index (κ1) is 19.6. The standard InChI is InChI=1S/C19H19NO5S2/c1-18(2,23)11-10-14-8-9-16(26-14)27(24,25)20-19(17(21)22)12-15(19)13-6-4-3-5-7-13/h3-9,15,20,23H,12H2,1-2H3,(H,21,22)/t15-,19+/m1/s1. The van der Waals surface area contributed by atoms with E-state index in [9.17, 15) is 23.4 Å². The van der Waals surface area contributed by atoms with Gasteiger partial charge in [-0.15, -0.1) is 11.3 Å². The van der Waals surface area contributed by atoms with Crippen LogP contribution in [0, 0.1) is 11.8 Å². The Bertz CT molecular complexity index is 1030. The van der Waals surface area contributed by atoms with Crippen molar-refractivity contribution in [2.45, 2.75) is 41.5 Å². The Hall–Kier alpha value is -2.18. The van der Waals surface area contributed by atoms with E-state index in [1.54, 1.807) is 24.3 Å². The van der Waals surface area contributed by atoms with Gasteiger partial charge in [0.1, 0.15) is 15.3 Å². The van der Waals surface area contributed by atoms with E-state index < -0.39 is 33.1 Å². The molecule has 0 radical (unpaired) electrons. The second kappa shape index (κ2) is 6.77. The fourth-order valence-electron chi connectivity index (χ4n) is 2.78. The molecule has 1 saturated carbocycles. The highest BCUT2D eigenvalue weighted by Crippen LogP contribution is 2.52. The first-order chi connectivity index (χ1) is 12.5. The van der Waals surface area contributed by atoms with Gasteiger partial charge in [0, 0.05) is 5.92 Å². The predicted octanol–water partition coefficient (Wildman–Crippen LogP) is 2.16. The number of hydrogen-bond donors (Lipinski definition) is 3. The maximum absolute atomic E-state index is 12.7. The zero-order valence-electron chi connectivity index (χ0n) is 14.8. The molecule has 8 heteroatoms. The summed E-state index contributed by atoms with van der Waals surface area (Å²) in [7, 11) is -4.02.